The first kappa shape index (κ1) is 10.9. The normalized spacial score (nSPS) is 19.0. The van der Waals surface area contributed by atoms with Crippen LogP contribution in [0.5, 0.6) is 0 Å². The summed E-state index contributed by atoms with van der Waals surface area (Å²) >= 11 is 3.65. The predicted octanol–water partition coefficient (Wildman–Crippen LogP) is -1.41. The maximum Gasteiger partial charge on any atom is 0.193 e. The predicted molar refractivity (Wildman–Crippen MR) is 42.6 cm³/mol. The smallest absolute Gasteiger partial charge is 0.193 e. The highest BCUT2D eigenvalue weighted by atomic mass is 32.1. The van der Waals surface area contributed by atoms with Gasteiger partial charge in [-0.25, -0.2) is 0 Å². The molecule has 3 atom stereocenters. The minimum Gasteiger partial charge on any atom is -0.390 e. The number of thiol groups is 1. The molecule has 3 N–H and O–H groups in total. The first-order valence-corrected chi connectivity index (χ1v) is 3.82. The van der Waals surface area contributed by atoms with Gasteiger partial charge in [0.1, 0.15) is 12.2 Å². The Morgan fingerprint density at radius 1 is 1.45 bits per heavy atom. The van der Waals surface area contributed by atoms with Gasteiger partial charge in [-0.05, 0) is 6.92 Å². The molecule has 0 spiro atoms. The van der Waals surface area contributed by atoms with Crippen LogP contribution in [0.25, 0.3) is 0 Å². The van der Waals surface area contributed by atoms with Crippen LogP contribution in [-0.4, -0.2) is 45.2 Å². The molecule has 0 saturated heterocycles. The van der Waals surface area contributed by atoms with Crippen molar-refractivity contribution in [2.45, 2.75) is 25.2 Å². The van der Waals surface area contributed by atoms with E-state index in [1.165, 1.54) is 6.92 Å². The minimum absolute atomic E-state index is 0.0530. The zero-order chi connectivity index (χ0) is 9.02. The molecule has 0 aliphatic heterocycles. The number of Topliss-reactive ketones (excluding diaryl/α,β-unsaturated/α-hetero) is 1. The van der Waals surface area contributed by atoms with Crippen molar-refractivity contribution in [3.05, 3.63) is 0 Å². The van der Waals surface area contributed by atoms with Gasteiger partial charge in [-0.3, -0.25) is 4.79 Å². The van der Waals surface area contributed by atoms with Crippen molar-refractivity contribution in [3.8, 4) is 0 Å². The van der Waals surface area contributed by atoms with Crippen molar-refractivity contribution in [1.82, 2.24) is 0 Å². The van der Waals surface area contributed by atoms with Crippen molar-refractivity contribution in [2.24, 2.45) is 0 Å². The molecule has 0 aromatic rings. The lowest BCUT2D eigenvalue weighted by atomic mass is 10.1. The van der Waals surface area contributed by atoms with Crippen molar-refractivity contribution in [1.29, 1.82) is 0 Å². The second-order valence-corrected chi connectivity index (χ2v) is 2.65. The number of carbonyl (C=O) groups excluding carboxylic acids is 1. The van der Waals surface area contributed by atoms with E-state index in [0.717, 1.165) is 0 Å². The van der Waals surface area contributed by atoms with Crippen molar-refractivity contribution in [2.75, 3.05) is 5.75 Å². The van der Waals surface area contributed by atoms with Crippen LogP contribution < -0.4 is 0 Å². The average Bonchev–Trinajstić information content (AvgIpc) is 2.00. The number of ketones is 1. The third-order valence-electron chi connectivity index (χ3n) is 1.25. The Kier molecular flexibility index (Phi) is 4.67. The summed E-state index contributed by atoms with van der Waals surface area (Å²) in [5, 5.41) is 26.5. The number of hydrogen-bond acceptors (Lipinski definition) is 5. The third kappa shape index (κ3) is 3.20. The van der Waals surface area contributed by atoms with Gasteiger partial charge in [0, 0.05) is 5.75 Å². The summed E-state index contributed by atoms with van der Waals surface area (Å²) in [6, 6.07) is 0. The van der Waals surface area contributed by atoms with Gasteiger partial charge in [-0.2, -0.15) is 12.6 Å². The molecule has 0 fully saturated rings. The monoisotopic (exact) mass is 180 g/mol. The molecule has 66 valence electrons. The Morgan fingerprint density at radius 2 is 1.91 bits per heavy atom. The lowest BCUT2D eigenvalue weighted by molar-refractivity contribution is -0.139. The summed E-state index contributed by atoms with van der Waals surface area (Å²) in [7, 11) is 0. The van der Waals surface area contributed by atoms with Crippen LogP contribution in [0, 0.1) is 0 Å². The number of rotatable bonds is 4. The van der Waals surface area contributed by atoms with Gasteiger partial charge >= 0.3 is 0 Å². The number of hydrogen-bond donors (Lipinski definition) is 4. The van der Waals surface area contributed by atoms with Crippen LogP contribution in [0.1, 0.15) is 6.92 Å². The fourth-order valence-corrected chi connectivity index (χ4v) is 0.705. The molecule has 0 aromatic carbocycles. The summed E-state index contributed by atoms with van der Waals surface area (Å²) in [6.07, 6.45) is -3.97. The van der Waals surface area contributed by atoms with Crippen molar-refractivity contribution in [3.63, 3.8) is 0 Å². The van der Waals surface area contributed by atoms with Gasteiger partial charge in [0.25, 0.3) is 0 Å². The first-order valence-electron chi connectivity index (χ1n) is 3.19. The van der Waals surface area contributed by atoms with Gasteiger partial charge in [-0.1, -0.05) is 0 Å². The van der Waals surface area contributed by atoms with E-state index >= 15 is 0 Å². The molecule has 0 bridgehead atoms. The number of aliphatic hydroxyl groups excluding tert-OH is 3. The third-order valence-corrected chi connectivity index (χ3v) is 1.60. The minimum atomic E-state index is -1.52. The van der Waals surface area contributed by atoms with Crippen LogP contribution in [0.3, 0.4) is 0 Å². The molecular formula is C6H12O4S. The van der Waals surface area contributed by atoms with Crippen LogP contribution in [0.4, 0.5) is 0 Å². The van der Waals surface area contributed by atoms with Gasteiger partial charge in [0.05, 0.1) is 6.10 Å². The molecule has 4 nitrogen and oxygen atoms in total. The second-order valence-electron chi connectivity index (χ2n) is 2.29. The molecule has 0 radical (unpaired) electrons. The van der Waals surface area contributed by atoms with Crippen LogP contribution >= 0.6 is 12.6 Å². The molecule has 0 heterocycles. The van der Waals surface area contributed by atoms with E-state index in [0.29, 0.717) is 0 Å². The van der Waals surface area contributed by atoms with Gasteiger partial charge in [-0.15, -0.1) is 0 Å². The average molecular weight is 180 g/mol. The quantitative estimate of drug-likeness (QED) is 0.401. The first-order chi connectivity index (χ1) is 5.00. The number of carbonyl (C=O) groups is 1. The van der Waals surface area contributed by atoms with Gasteiger partial charge in [0.2, 0.25) is 0 Å². The Hall–Kier alpha value is -0.100. The van der Waals surface area contributed by atoms with E-state index in [2.05, 4.69) is 12.6 Å². The molecule has 0 aliphatic carbocycles. The van der Waals surface area contributed by atoms with E-state index in [9.17, 15) is 4.79 Å². The Balaban J connectivity index is 4.02. The zero-order valence-electron chi connectivity index (χ0n) is 6.14. The molecule has 0 amide bonds. The second kappa shape index (κ2) is 4.71. The van der Waals surface area contributed by atoms with Crippen molar-refractivity contribution >= 4 is 18.4 Å². The Morgan fingerprint density at radius 3 is 2.18 bits per heavy atom. The Labute approximate surface area is 70.3 Å². The maximum absolute atomic E-state index is 10.8. The molecule has 0 aromatic heterocycles. The fourth-order valence-electron chi connectivity index (χ4n) is 0.525. The van der Waals surface area contributed by atoms with E-state index in [1.807, 2.05) is 0 Å². The van der Waals surface area contributed by atoms with Crippen LogP contribution in [-0.2, 0) is 4.79 Å². The summed E-state index contributed by atoms with van der Waals surface area (Å²) in [5.74, 6) is -0.849. The molecule has 0 rings (SSSR count). The largest absolute Gasteiger partial charge is 0.390 e. The number of aliphatic hydroxyl groups is 3. The van der Waals surface area contributed by atoms with Gasteiger partial charge < -0.3 is 15.3 Å². The maximum atomic E-state index is 10.8. The molecular weight excluding hydrogens is 168 g/mol. The summed E-state index contributed by atoms with van der Waals surface area (Å²) in [4.78, 5) is 10.8. The topological polar surface area (TPSA) is 77.8 Å². The zero-order valence-corrected chi connectivity index (χ0v) is 7.03. The lowest BCUT2D eigenvalue weighted by Crippen LogP contribution is -2.39. The highest BCUT2D eigenvalue weighted by Gasteiger charge is 2.25. The van der Waals surface area contributed by atoms with E-state index in [4.69, 9.17) is 15.3 Å². The summed E-state index contributed by atoms with van der Waals surface area (Å²) in [6.45, 7) is 1.27. The Bertz CT molecular complexity index is 137. The molecule has 1 unspecified atom stereocenters. The summed E-state index contributed by atoms with van der Waals surface area (Å²) < 4.78 is 0. The fraction of sp³-hybridized carbons (Fsp3) is 0.833. The van der Waals surface area contributed by atoms with E-state index in [1.54, 1.807) is 0 Å². The highest BCUT2D eigenvalue weighted by Crippen LogP contribution is 1.99. The summed E-state index contributed by atoms with van der Waals surface area (Å²) in [5.41, 5.74) is 0. The van der Waals surface area contributed by atoms with E-state index < -0.39 is 24.1 Å². The molecule has 0 saturated carbocycles. The molecule has 0 aliphatic rings. The molecule has 11 heavy (non-hydrogen) atoms. The standard InChI is InChI=1S/C6H12O4S/c1-3(7)5(9)6(10)4(8)2-11/h3-5,7-9,11H,2H2,1H3/t3?,4-,5+/m0/s1. The van der Waals surface area contributed by atoms with Crippen molar-refractivity contribution < 1.29 is 20.1 Å². The van der Waals surface area contributed by atoms with Gasteiger partial charge in [0.15, 0.2) is 5.78 Å². The van der Waals surface area contributed by atoms with Crippen LogP contribution in [0.15, 0.2) is 0 Å². The molecule has 5 heteroatoms. The lowest BCUT2D eigenvalue weighted by Gasteiger charge is -2.14. The van der Waals surface area contributed by atoms with E-state index in [-0.39, 0.29) is 5.75 Å². The van der Waals surface area contributed by atoms with Crippen LogP contribution in [0.2, 0.25) is 0 Å². The SMILES string of the molecule is CC(O)[C@@H](O)C(=O)[C@@H](O)CS. The highest BCUT2D eigenvalue weighted by molar-refractivity contribution is 7.80.